The van der Waals surface area contributed by atoms with Crippen LogP contribution in [-0.2, 0) is 6.61 Å². The zero-order chi connectivity index (χ0) is 18.8. The number of hydrogen-bond donors (Lipinski definition) is 2. The molecule has 0 aliphatic carbocycles. The zero-order valence-corrected chi connectivity index (χ0v) is 14.8. The molecule has 0 aliphatic rings. The summed E-state index contributed by atoms with van der Waals surface area (Å²) in [5.74, 6) is -0.189. The van der Waals surface area contributed by atoms with Crippen LogP contribution in [0.1, 0.15) is 21.6 Å². The molecule has 3 aromatic rings. The van der Waals surface area contributed by atoms with Gasteiger partial charge in [0.25, 0.3) is 5.91 Å². The number of nitrogens with one attached hydrogen (secondary N) is 1. The first-order chi connectivity index (χ1) is 12.4. The first kappa shape index (κ1) is 17.9. The zero-order valence-electron chi connectivity index (χ0n) is 14.0. The number of pyridine rings is 1. The molecule has 8 heteroatoms. The fourth-order valence-corrected chi connectivity index (χ4v) is 2.77. The molecule has 7 nitrogen and oxygen atoms in total. The first-order valence-electron chi connectivity index (χ1n) is 7.62. The molecule has 0 saturated carbocycles. The Balaban J connectivity index is 2.02. The van der Waals surface area contributed by atoms with Crippen molar-refractivity contribution in [3.8, 4) is 5.75 Å². The van der Waals surface area contributed by atoms with Gasteiger partial charge in [0.15, 0.2) is 5.58 Å². The molecule has 1 aromatic carbocycles. The van der Waals surface area contributed by atoms with Crippen LogP contribution in [0.4, 0.5) is 5.69 Å². The highest BCUT2D eigenvalue weighted by Crippen LogP contribution is 2.27. The number of aliphatic hydroxyl groups is 1. The Bertz CT molecular complexity index is 1060. The van der Waals surface area contributed by atoms with E-state index in [-0.39, 0.29) is 17.8 Å². The third-order valence-corrected chi connectivity index (χ3v) is 4.16. The second-order valence-corrected chi connectivity index (χ2v) is 5.93. The second-order valence-electron chi connectivity index (χ2n) is 5.52. The smallest absolute Gasteiger partial charge is 0.349 e. The maximum atomic E-state index is 12.5. The molecule has 0 unspecified atom stereocenters. The number of anilines is 1. The molecular weight excluding hydrogens is 360 g/mol. The monoisotopic (exact) mass is 374 g/mol. The van der Waals surface area contributed by atoms with Crippen LogP contribution < -0.4 is 15.7 Å². The van der Waals surface area contributed by atoms with Gasteiger partial charge in [-0.1, -0.05) is 11.6 Å². The average molecular weight is 375 g/mol. The molecule has 2 heterocycles. The Morgan fingerprint density at radius 1 is 1.38 bits per heavy atom. The highest BCUT2D eigenvalue weighted by atomic mass is 35.5. The van der Waals surface area contributed by atoms with E-state index in [2.05, 4.69) is 10.3 Å². The number of aliphatic hydroxyl groups excluding tert-OH is 1. The highest BCUT2D eigenvalue weighted by molar-refractivity contribution is 6.32. The normalized spacial score (nSPS) is 10.8. The quantitative estimate of drug-likeness (QED) is 0.728. The van der Waals surface area contributed by atoms with Crippen molar-refractivity contribution in [1.82, 2.24) is 4.98 Å². The standard InChI is InChI=1S/C18H15ClN2O5/c1-9-16-12(10(8-22)7-20-9)6-13(18(24)26-16)17(23)21-11-3-4-15(25-2)14(19)5-11/h3-7,22H,8H2,1-2H3,(H,21,23). The average Bonchev–Trinajstić information content (AvgIpc) is 2.62. The number of benzene rings is 1. The van der Waals surface area contributed by atoms with E-state index in [9.17, 15) is 14.7 Å². The lowest BCUT2D eigenvalue weighted by Gasteiger charge is -2.09. The minimum atomic E-state index is -0.797. The van der Waals surface area contributed by atoms with Crippen LogP contribution in [-0.4, -0.2) is 23.1 Å². The number of hydrogen-bond acceptors (Lipinski definition) is 6. The summed E-state index contributed by atoms with van der Waals surface area (Å²) in [5.41, 5.74) is 0.595. The molecule has 3 rings (SSSR count). The van der Waals surface area contributed by atoms with Crippen LogP contribution in [0.15, 0.2) is 39.7 Å². The largest absolute Gasteiger partial charge is 0.495 e. The summed E-state index contributed by atoms with van der Waals surface area (Å²) in [6.07, 6.45) is 1.47. The minimum absolute atomic E-state index is 0.190. The summed E-state index contributed by atoms with van der Waals surface area (Å²) in [7, 11) is 1.48. The SMILES string of the molecule is COc1ccc(NC(=O)c2cc3c(CO)cnc(C)c3oc2=O)cc1Cl. The van der Waals surface area contributed by atoms with Gasteiger partial charge in [0, 0.05) is 22.8 Å². The molecule has 0 aliphatic heterocycles. The number of aryl methyl sites for hydroxylation is 1. The number of aromatic nitrogens is 1. The molecule has 0 saturated heterocycles. The van der Waals surface area contributed by atoms with Gasteiger partial charge in [-0.05, 0) is 31.2 Å². The van der Waals surface area contributed by atoms with Crippen LogP contribution in [0.2, 0.25) is 5.02 Å². The van der Waals surface area contributed by atoms with Gasteiger partial charge in [-0.2, -0.15) is 0 Å². The molecule has 0 fully saturated rings. The second kappa shape index (κ2) is 7.15. The van der Waals surface area contributed by atoms with Gasteiger partial charge in [-0.25, -0.2) is 4.79 Å². The van der Waals surface area contributed by atoms with Crippen molar-refractivity contribution in [1.29, 1.82) is 0 Å². The van der Waals surface area contributed by atoms with Gasteiger partial charge in [0.05, 0.1) is 24.4 Å². The summed E-state index contributed by atoms with van der Waals surface area (Å²) in [4.78, 5) is 28.8. The Morgan fingerprint density at radius 3 is 2.81 bits per heavy atom. The molecule has 0 bridgehead atoms. The highest BCUT2D eigenvalue weighted by Gasteiger charge is 2.17. The predicted octanol–water partition coefficient (Wildman–Crippen LogP) is 2.90. The van der Waals surface area contributed by atoms with E-state index in [1.54, 1.807) is 19.1 Å². The van der Waals surface area contributed by atoms with Crippen molar-refractivity contribution in [3.05, 3.63) is 62.7 Å². The van der Waals surface area contributed by atoms with Gasteiger partial charge >= 0.3 is 5.63 Å². The number of ether oxygens (including phenoxy) is 1. The molecule has 0 radical (unpaired) electrons. The molecule has 26 heavy (non-hydrogen) atoms. The number of carbonyl (C=O) groups excluding carboxylic acids is 1. The Labute approximate surface area is 153 Å². The van der Waals surface area contributed by atoms with E-state index in [1.165, 1.54) is 25.4 Å². The maximum absolute atomic E-state index is 12.5. The van der Waals surface area contributed by atoms with Crippen LogP contribution in [0.3, 0.4) is 0 Å². The van der Waals surface area contributed by atoms with Gasteiger partial charge in [0.2, 0.25) is 0 Å². The number of methoxy groups -OCH3 is 1. The van der Waals surface area contributed by atoms with E-state index >= 15 is 0 Å². The third kappa shape index (κ3) is 3.26. The number of carbonyl (C=O) groups is 1. The number of fused-ring (bicyclic) bond motifs is 1. The summed E-state index contributed by atoms with van der Waals surface area (Å²) < 4.78 is 10.3. The lowest BCUT2D eigenvalue weighted by atomic mass is 10.1. The Morgan fingerprint density at radius 2 is 2.15 bits per heavy atom. The molecule has 1 amide bonds. The molecule has 0 spiro atoms. The van der Waals surface area contributed by atoms with Gasteiger partial charge in [-0.15, -0.1) is 0 Å². The van der Waals surface area contributed by atoms with Crippen LogP contribution >= 0.6 is 11.6 Å². The van der Waals surface area contributed by atoms with Gasteiger partial charge < -0.3 is 19.6 Å². The fourth-order valence-electron chi connectivity index (χ4n) is 2.51. The van der Waals surface area contributed by atoms with Crippen molar-refractivity contribution in [2.45, 2.75) is 13.5 Å². The Kier molecular flexibility index (Phi) is 4.92. The number of rotatable bonds is 4. The molecule has 2 aromatic heterocycles. The minimum Gasteiger partial charge on any atom is -0.495 e. The molecular formula is C18H15ClN2O5. The van der Waals surface area contributed by atoms with Crippen LogP contribution in [0, 0.1) is 6.92 Å². The third-order valence-electron chi connectivity index (χ3n) is 3.86. The molecule has 2 N–H and O–H groups in total. The Hall–Kier alpha value is -2.90. The number of halogens is 1. The summed E-state index contributed by atoms with van der Waals surface area (Å²) in [6.45, 7) is 1.37. The fraction of sp³-hybridized carbons (Fsp3) is 0.167. The van der Waals surface area contributed by atoms with Crippen molar-refractivity contribution >= 4 is 34.2 Å². The van der Waals surface area contributed by atoms with E-state index in [1.807, 2.05) is 0 Å². The van der Waals surface area contributed by atoms with Crippen LogP contribution in [0.25, 0.3) is 11.0 Å². The van der Waals surface area contributed by atoms with Crippen molar-refractivity contribution < 1.29 is 19.1 Å². The predicted molar refractivity (Wildman–Crippen MR) is 96.9 cm³/mol. The van der Waals surface area contributed by atoms with Crippen molar-refractivity contribution in [3.63, 3.8) is 0 Å². The van der Waals surface area contributed by atoms with E-state index in [4.69, 9.17) is 20.8 Å². The maximum Gasteiger partial charge on any atom is 0.349 e. The number of nitrogens with zero attached hydrogens (tertiary/aromatic N) is 1. The van der Waals surface area contributed by atoms with Crippen LogP contribution in [0.5, 0.6) is 5.75 Å². The number of amides is 1. The topological polar surface area (TPSA) is 102 Å². The first-order valence-corrected chi connectivity index (χ1v) is 8.00. The van der Waals surface area contributed by atoms with Gasteiger partial charge in [0.1, 0.15) is 11.3 Å². The van der Waals surface area contributed by atoms with Gasteiger partial charge in [-0.3, -0.25) is 9.78 Å². The van der Waals surface area contributed by atoms with E-state index < -0.39 is 11.5 Å². The lowest BCUT2D eigenvalue weighted by Crippen LogP contribution is -2.21. The van der Waals surface area contributed by atoms with Crippen molar-refractivity contribution in [2.24, 2.45) is 0 Å². The summed E-state index contributed by atoms with van der Waals surface area (Å²) in [6, 6.07) is 6.09. The van der Waals surface area contributed by atoms with E-state index in [0.29, 0.717) is 33.1 Å². The van der Waals surface area contributed by atoms with E-state index in [0.717, 1.165) is 0 Å². The lowest BCUT2D eigenvalue weighted by molar-refractivity contribution is 0.102. The molecule has 134 valence electrons. The summed E-state index contributed by atoms with van der Waals surface area (Å²) >= 11 is 6.03. The molecule has 0 atom stereocenters. The van der Waals surface area contributed by atoms with Crippen molar-refractivity contribution in [2.75, 3.05) is 12.4 Å². The summed E-state index contributed by atoms with van der Waals surface area (Å²) in [5, 5.41) is 12.8.